The third-order valence-electron chi connectivity index (χ3n) is 4.09. The predicted octanol–water partition coefficient (Wildman–Crippen LogP) is 3.14. The fourth-order valence-corrected chi connectivity index (χ4v) is 2.91. The molecule has 2 heteroatoms. The van der Waals surface area contributed by atoms with Gasteiger partial charge in [-0.3, -0.25) is 0 Å². The van der Waals surface area contributed by atoms with Crippen molar-refractivity contribution in [3.63, 3.8) is 0 Å². The van der Waals surface area contributed by atoms with Gasteiger partial charge in [0.15, 0.2) is 0 Å². The topological polar surface area (TPSA) is 35.2 Å². The first kappa shape index (κ1) is 12.6. The molecule has 0 radical (unpaired) electrons. The Morgan fingerprint density at radius 2 is 2.00 bits per heavy atom. The molecule has 19 heavy (non-hydrogen) atoms. The minimum atomic E-state index is 0.210. The van der Waals surface area contributed by atoms with Gasteiger partial charge in [0.1, 0.15) is 0 Å². The van der Waals surface area contributed by atoms with E-state index in [1.165, 1.54) is 22.8 Å². The highest BCUT2D eigenvalue weighted by atomic mass is 16.5. The first-order chi connectivity index (χ1) is 9.33. The minimum absolute atomic E-state index is 0.210. The Hall–Kier alpha value is -1.38. The maximum absolute atomic E-state index is 6.34. The van der Waals surface area contributed by atoms with Crippen LogP contribution in [-0.2, 0) is 11.2 Å². The van der Waals surface area contributed by atoms with Crippen LogP contribution >= 0.6 is 0 Å². The van der Waals surface area contributed by atoms with Gasteiger partial charge in [-0.2, -0.15) is 0 Å². The van der Waals surface area contributed by atoms with E-state index in [-0.39, 0.29) is 6.04 Å². The monoisotopic (exact) mass is 255 g/mol. The molecule has 0 aliphatic carbocycles. The third-order valence-corrected chi connectivity index (χ3v) is 4.09. The summed E-state index contributed by atoms with van der Waals surface area (Å²) in [7, 11) is 0. The summed E-state index contributed by atoms with van der Waals surface area (Å²) >= 11 is 0. The fraction of sp³-hybridized carbons (Fsp3) is 0.412. The van der Waals surface area contributed by atoms with Crippen molar-refractivity contribution < 1.29 is 4.74 Å². The van der Waals surface area contributed by atoms with E-state index in [2.05, 4.69) is 42.5 Å². The lowest BCUT2D eigenvalue weighted by Gasteiger charge is -2.27. The van der Waals surface area contributed by atoms with Gasteiger partial charge in [0, 0.05) is 12.6 Å². The molecular weight excluding hydrogens is 234 g/mol. The second-order valence-electron chi connectivity index (χ2n) is 5.53. The van der Waals surface area contributed by atoms with Crippen LogP contribution in [0.2, 0.25) is 0 Å². The van der Waals surface area contributed by atoms with Gasteiger partial charge in [0.25, 0.3) is 0 Å². The first-order valence-corrected chi connectivity index (χ1v) is 7.14. The van der Waals surface area contributed by atoms with Crippen LogP contribution in [-0.4, -0.2) is 19.3 Å². The molecule has 1 heterocycles. The van der Waals surface area contributed by atoms with Gasteiger partial charge < -0.3 is 10.5 Å². The molecule has 2 aromatic carbocycles. The predicted molar refractivity (Wildman–Crippen MR) is 79.2 cm³/mol. The largest absolute Gasteiger partial charge is 0.381 e. The summed E-state index contributed by atoms with van der Waals surface area (Å²) in [5, 5.41) is 2.59. The molecule has 1 aliphatic rings. The van der Waals surface area contributed by atoms with Crippen molar-refractivity contribution in [2.45, 2.75) is 25.3 Å². The quantitative estimate of drug-likeness (QED) is 0.914. The van der Waals surface area contributed by atoms with Crippen molar-refractivity contribution in [1.29, 1.82) is 0 Å². The zero-order valence-corrected chi connectivity index (χ0v) is 11.2. The Morgan fingerprint density at radius 3 is 2.79 bits per heavy atom. The second-order valence-corrected chi connectivity index (χ2v) is 5.53. The van der Waals surface area contributed by atoms with E-state index in [0.29, 0.717) is 5.92 Å². The molecule has 2 aromatic rings. The normalized spacial score (nSPS) is 21.4. The molecular formula is C17H21NO. The van der Waals surface area contributed by atoms with E-state index < -0.39 is 0 Å². The highest BCUT2D eigenvalue weighted by Crippen LogP contribution is 2.21. The molecule has 2 N–H and O–H groups in total. The molecule has 3 rings (SSSR count). The Balaban J connectivity index is 1.73. The van der Waals surface area contributed by atoms with Gasteiger partial charge in [0.2, 0.25) is 0 Å². The number of ether oxygens (including phenoxy) is 1. The maximum Gasteiger partial charge on any atom is 0.0509 e. The standard InChI is InChI=1S/C17H21NO/c18-17(16-6-3-9-19-12-16)11-13-7-8-14-4-1-2-5-15(14)10-13/h1-2,4-5,7-8,10,16-17H,3,6,9,11-12,18H2. The van der Waals surface area contributed by atoms with Crippen LogP contribution in [0.1, 0.15) is 18.4 Å². The summed E-state index contributed by atoms with van der Waals surface area (Å²) in [5.74, 6) is 0.514. The number of hydrogen-bond acceptors (Lipinski definition) is 2. The zero-order chi connectivity index (χ0) is 13.1. The highest BCUT2D eigenvalue weighted by molar-refractivity contribution is 5.82. The summed E-state index contributed by atoms with van der Waals surface area (Å²) in [6.07, 6.45) is 3.30. The molecule has 100 valence electrons. The van der Waals surface area contributed by atoms with E-state index in [1.54, 1.807) is 0 Å². The highest BCUT2D eigenvalue weighted by Gasteiger charge is 2.21. The zero-order valence-electron chi connectivity index (χ0n) is 11.2. The van der Waals surface area contributed by atoms with Crippen LogP contribution in [0.5, 0.6) is 0 Å². The number of rotatable bonds is 3. The molecule has 2 nitrogen and oxygen atoms in total. The molecule has 0 bridgehead atoms. The summed E-state index contributed by atoms with van der Waals surface area (Å²) < 4.78 is 5.53. The minimum Gasteiger partial charge on any atom is -0.381 e. The average Bonchev–Trinajstić information content (AvgIpc) is 2.48. The van der Waals surface area contributed by atoms with Crippen LogP contribution in [0.3, 0.4) is 0 Å². The Morgan fingerprint density at radius 1 is 1.16 bits per heavy atom. The maximum atomic E-state index is 6.34. The fourth-order valence-electron chi connectivity index (χ4n) is 2.91. The van der Waals surface area contributed by atoms with Gasteiger partial charge in [-0.25, -0.2) is 0 Å². The van der Waals surface area contributed by atoms with Crippen LogP contribution in [0.25, 0.3) is 10.8 Å². The van der Waals surface area contributed by atoms with E-state index in [4.69, 9.17) is 10.5 Å². The molecule has 1 aliphatic heterocycles. The van der Waals surface area contributed by atoms with Gasteiger partial charge in [-0.15, -0.1) is 0 Å². The molecule has 0 aromatic heterocycles. The lowest BCUT2D eigenvalue weighted by Crippen LogP contribution is -2.37. The third kappa shape index (κ3) is 2.96. The number of nitrogens with two attached hydrogens (primary N) is 1. The Kier molecular flexibility index (Phi) is 3.81. The van der Waals surface area contributed by atoms with Crippen molar-refractivity contribution in [3.05, 3.63) is 48.0 Å². The number of benzene rings is 2. The summed E-state index contributed by atoms with van der Waals surface area (Å²) in [5.41, 5.74) is 7.67. The van der Waals surface area contributed by atoms with Crippen LogP contribution in [0.15, 0.2) is 42.5 Å². The van der Waals surface area contributed by atoms with Gasteiger partial charge in [0.05, 0.1) is 6.61 Å². The molecule has 0 saturated carbocycles. The van der Waals surface area contributed by atoms with Crippen LogP contribution in [0, 0.1) is 5.92 Å². The smallest absolute Gasteiger partial charge is 0.0509 e. The van der Waals surface area contributed by atoms with Crippen LogP contribution in [0.4, 0.5) is 0 Å². The molecule has 0 spiro atoms. The Labute approximate surface area is 114 Å². The summed E-state index contributed by atoms with van der Waals surface area (Å²) in [6, 6.07) is 15.3. The molecule has 1 fully saturated rings. The van der Waals surface area contributed by atoms with Gasteiger partial charge in [-0.05, 0) is 41.5 Å². The molecule has 2 atom stereocenters. The van der Waals surface area contributed by atoms with Gasteiger partial charge >= 0.3 is 0 Å². The lowest BCUT2D eigenvalue weighted by atomic mass is 9.89. The summed E-state index contributed by atoms with van der Waals surface area (Å²) in [6.45, 7) is 1.73. The molecule has 2 unspecified atom stereocenters. The van der Waals surface area contributed by atoms with E-state index in [9.17, 15) is 0 Å². The number of hydrogen-bond donors (Lipinski definition) is 1. The van der Waals surface area contributed by atoms with E-state index in [1.807, 2.05) is 0 Å². The summed E-state index contributed by atoms with van der Waals surface area (Å²) in [4.78, 5) is 0. The number of fused-ring (bicyclic) bond motifs is 1. The van der Waals surface area contributed by atoms with Crippen molar-refractivity contribution in [3.8, 4) is 0 Å². The second kappa shape index (κ2) is 5.72. The first-order valence-electron chi connectivity index (χ1n) is 7.14. The van der Waals surface area contributed by atoms with Crippen LogP contribution < -0.4 is 5.73 Å². The van der Waals surface area contributed by atoms with Gasteiger partial charge in [-0.1, -0.05) is 42.5 Å². The Bertz CT molecular complexity index is 546. The van der Waals surface area contributed by atoms with Crippen molar-refractivity contribution >= 4 is 10.8 Å². The van der Waals surface area contributed by atoms with Crippen molar-refractivity contribution in [2.75, 3.05) is 13.2 Å². The molecule has 0 amide bonds. The van der Waals surface area contributed by atoms with Crippen molar-refractivity contribution in [2.24, 2.45) is 11.7 Å². The lowest BCUT2D eigenvalue weighted by molar-refractivity contribution is 0.0450. The average molecular weight is 255 g/mol. The van der Waals surface area contributed by atoms with E-state index >= 15 is 0 Å². The SMILES string of the molecule is NC(Cc1ccc2ccccc2c1)C1CCCOC1. The van der Waals surface area contributed by atoms with Crippen molar-refractivity contribution in [1.82, 2.24) is 0 Å². The molecule has 1 saturated heterocycles. The van der Waals surface area contributed by atoms with E-state index in [0.717, 1.165) is 26.1 Å².